The number of fused-ring (bicyclic) bond motifs is 1. The van der Waals surface area contributed by atoms with Gasteiger partial charge in [-0.25, -0.2) is 17.8 Å². The van der Waals surface area contributed by atoms with Crippen molar-refractivity contribution >= 4 is 38.3 Å². The number of rotatable bonds is 7. The van der Waals surface area contributed by atoms with Crippen molar-refractivity contribution in [1.82, 2.24) is 25.1 Å². The predicted octanol–water partition coefficient (Wildman–Crippen LogP) is 4.78. The number of anilines is 1. The van der Waals surface area contributed by atoms with Gasteiger partial charge in [0.1, 0.15) is 22.2 Å². The normalized spacial score (nSPS) is 15.2. The minimum Gasteiger partial charge on any atom is -0.474 e. The maximum Gasteiger partial charge on any atom is 0.264 e. The maximum absolute atomic E-state index is 14.1. The third-order valence-electron chi connectivity index (χ3n) is 6.40. The van der Waals surface area contributed by atoms with Gasteiger partial charge < -0.3 is 9.64 Å². The molecule has 0 atom stereocenters. The monoisotopic (exact) mass is 544 g/mol. The van der Waals surface area contributed by atoms with E-state index in [1.54, 1.807) is 24.3 Å². The van der Waals surface area contributed by atoms with Crippen LogP contribution in [0.5, 0.6) is 5.88 Å². The maximum atomic E-state index is 14.1. The number of aryl methyl sites for hydroxylation is 1. The van der Waals surface area contributed by atoms with E-state index in [9.17, 15) is 12.8 Å². The van der Waals surface area contributed by atoms with Crippen LogP contribution in [0.25, 0.3) is 22.4 Å². The number of likely N-dealkylation sites (tertiary alicyclic amines) is 1. The topological polar surface area (TPSA) is 113 Å². The molecule has 4 aromatic rings. The van der Waals surface area contributed by atoms with Crippen molar-refractivity contribution in [1.29, 1.82) is 0 Å². The van der Waals surface area contributed by atoms with Crippen LogP contribution in [-0.2, 0) is 10.0 Å². The molecule has 9 nitrogen and oxygen atoms in total. The second kappa shape index (κ2) is 10.2. The van der Waals surface area contributed by atoms with Gasteiger partial charge in [0.25, 0.3) is 10.0 Å². The van der Waals surface area contributed by atoms with Crippen molar-refractivity contribution in [3.8, 4) is 17.3 Å². The third-order valence-corrected chi connectivity index (χ3v) is 8.03. The Bertz CT molecular complexity index is 1540. The van der Waals surface area contributed by atoms with Gasteiger partial charge in [-0.05, 0) is 68.8 Å². The average Bonchev–Trinajstić information content (AvgIpc) is 3.27. The highest BCUT2D eigenvalue weighted by atomic mass is 35.5. The first kappa shape index (κ1) is 25.4. The Morgan fingerprint density at radius 1 is 1.16 bits per heavy atom. The van der Waals surface area contributed by atoms with Gasteiger partial charge in [0.05, 0.1) is 0 Å². The van der Waals surface area contributed by atoms with E-state index in [1.807, 2.05) is 6.92 Å². The summed E-state index contributed by atoms with van der Waals surface area (Å²) in [6, 6.07) is 9.83. The summed E-state index contributed by atoms with van der Waals surface area (Å²) in [6.07, 6.45) is 1.87. The molecule has 0 aliphatic carbocycles. The number of H-pyrrole nitrogens is 1. The van der Waals surface area contributed by atoms with Gasteiger partial charge in [-0.1, -0.05) is 18.5 Å². The summed E-state index contributed by atoms with van der Waals surface area (Å²) in [5.74, 6) is -0.0184. The third kappa shape index (κ3) is 5.39. The largest absolute Gasteiger partial charge is 0.474 e. The summed E-state index contributed by atoms with van der Waals surface area (Å²) in [6.45, 7) is 7.03. The van der Waals surface area contributed by atoms with Crippen molar-refractivity contribution in [2.24, 2.45) is 0 Å². The van der Waals surface area contributed by atoms with Crippen molar-refractivity contribution in [3.05, 3.63) is 59.0 Å². The number of hydrogen-bond acceptors (Lipinski definition) is 7. The van der Waals surface area contributed by atoms with Crippen molar-refractivity contribution in [2.45, 2.75) is 37.7 Å². The van der Waals surface area contributed by atoms with Gasteiger partial charge in [0.15, 0.2) is 11.5 Å². The van der Waals surface area contributed by atoms with Crippen LogP contribution in [0.3, 0.4) is 0 Å². The number of nitrogens with zero attached hydrogens (tertiary/aromatic N) is 4. The minimum absolute atomic E-state index is 0.0479. The number of hydrogen-bond donors (Lipinski definition) is 2. The fourth-order valence-electron chi connectivity index (χ4n) is 4.33. The zero-order valence-corrected chi connectivity index (χ0v) is 21.9. The number of ether oxygens (including phenoxy) is 1. The lowest BCUT2D eigenvalue weighted by Crippen LogP contribution is -2.38. The molecule has 0 unspecified atom stereocenters. The molecule has 5 rings (SSSR count). The van der Waals surface area contributed by atoms with Crippen molar-refractivity contribution in [3.63, 3.8) is 0 Å². The number of benzene rings is 2. The molecule has 2 aromatic heterocycles. The molecule has 0 spiro atoms. The average molecular weight is 545 g/mol. The Morgan fingerprint density at radius 2 is 1.89 bits per heavy atom. The Labute approximate surface area is 219 Å². The van der Waals surface area contributed by atoms with Crippen LogP contribution in [0.15, 0.2) is 47.4 Å². The Hall–Kier alpha value is -3.28. The Kier molecular flexibility index (Phi) is 7.02. The van der Waals surface area contributed by atoms with Crippen LogP contribution in [-0.4, -0.2) is 59.2 Å². The molecule has 194 valence electrons. The lowest BCUT2D eigenvalue weighted by atomic mass is 10.1. The fourth-order valence-corrected chi connectivity index (χ4v) is 5.73. The standard InChI is InChI=1S/C25H26ClFN6O3S/c1-3-33-12-10-19(11-13-33)36-25-22-15(2)30-31-24(22)28-23(29-25)16-4-7-18(8-5-16)32-37(34,35)21-14-17(26)6-9-20(21)27/h4-9,14,19,32H,3,10-13H2,1-2H3,(H,28,29,30,31). The van der Waals surface area contributed by atoms with Crippen LogP contribution in [0.4, 0.5) is 10.1 Å². The van der Waals surface area contributed by atoms with E-state index in [2.05, 4.69) is 31.7 Å². The van der Waals surface area contributed by atoms with E-state index < -0.39 is 20.7 Å². The molecular formula is C25H26ClFN6O3S. The molecule has 2 aromatic carbocycles. The second-order valence-corrected chi connectivity index (χ2v) is 11.0. The highest BCUT2D eigenvalue weighted by Crippen LogP contribution is 2.31. The molecule has 1 aliphatic rings. The molecule has 0 amide bonds. The predicted molar refractivity (Wildman–Crippen MR) is 140 cm³/mol. The van der Waals surface area contributed by atoms with Gasteiger partial charge in [-0.15, -0.1) is 0 Å². The lowest BCUT2D eigenvalue weighted by molar-refractivity contribution is 0.101. The summed E-state index contributed by atoms with van der Waals surface area (Å²) in [7, 11) is -4.18. The second-order valence-electron chi connectivity index (χ2n) is 8.91. The van der Waals surface area contributed by atoms with Crippen LogP contribution >= 0.6 is 11.6 Å². The van der Waals surface area contributed by atoms with Gasteiger partial charge >= 0.3 is 0 Å². The van der Waals surface area contributed by atoms with Crippen LogP contribution in [0, 0.1) is 12.7 Å². The first-order valence-electron chi connectivity index (χ1n) is 11.9. The number of aromatic nitrogens is 4. The molecule has 0 bridgehead atoms. The summed E-state index contributed by atoms with van der Waals surface area (Å²) in [5, 5.41) is 8.11. The SMILES string of the molecule is CCN1CCC(Oc2nc(-c3ccc(NS(=O)(=O)c4cc(Cl)ccc4F)cc3)nc3n[nH]c(C)c23)CC1. The Morgan fingerprint density at radius 3 is 2.59 bits per heavy atom. The zero-order valence-electron chi connectivity index (χ0n) is 20.3. The van der Waals surface area contributed by atoms with Gasteiger partial charge in [0.2, 0.25) is 5.88 Å². The molecule has 3 heterocycles. The number of aromatic amines is 1. The first-order chi connectivity index (χ1) is 17.7. The number of halogens is 2. The summed E-state index contributed by atoms with van der Waals surface area (Å²) in [5.41, 5.74) is 2.20. The molecule has 1 fully saturated rings. The van der Waals surface area contributed by atoms with E-state index in [1.165, 1.54) is 6.07 Å². The van der Waals surface area contributed by atoms with Crippen molar-refractivity contribution in [2.75, 3.05) is 24.4 Å². The molecular weight excluding hydrogens is 519 g/mol. The fraction of sp³-hybridized carbons (Fsp3) is 0.320. The number of piperidine rings is 1. The van der Waals surface area contributed by atoms with Gasteiger partial charge in [-0.2, -0.15) is 10.1 Å². The summed E-state index contributed by atoms with van der Waals surface area (Å²) < 4.78 is 48.2. The van der Waals surface area contributed by atoms with E-state index in [-0.39, 0.29) is 16.8 Å². The highest BCUT2D eigenvalue weighted by molar-refractivity contribution is 7.92. The quantitative estimate of drug-likeness (QED) is 0.344. The van der Waals surface area contributed by atoms with E-state index in [4.69, 9.17) is 21.3 Å². The molecule has 0 saturated carbocycles. The van der Waals surface area contributed by atoms with Gasteiger partial charge in [0, 0.05) is 35.1 Å². The molecule has 1 saturated heterocycles. The molecule has 12 heteroatoms. The van der Waals surface area contributed by atoms with E-state index in [0.717, 1.165) is 55.7 Å². The smallest absolute Gasteiger partial charge is 0.264 e. The zero-order chi connectivity index (χ0) is 26.2. The molecule has 0 radical (unpaired) electrons. The minimum atomic E-state index is -4.18. The van der Waals surface area contributed by atoms with Crippen LogP contribution in [0.1, 0.15) is 25.5 Å². The lowest BCUT2D eigenvalue weighted by Gasteiger charge is -2.31. The molecule has 37 heavy (non-hydrogen) atoms. The summed E-state index contributed by atoms with van der Waals surface area (Å²) in [4.78, 5) is 11.1. The van der Waals surface area contributed by atoms with E-state index in [0.29, 0.717) is 22.9 Å². The number of sulfonamides is 1. The molecule has 2 N–H and O–H groups in total. The first-order valence-corrected chi connectivity index (χ1v) is 13.8. The summed E-state index contributed by atoms with van der Waals surface area (Å²) >= 11 is 5.85. The highest BCUT2D eigenvalue weighted by Gasteiger charge is 2.24. The van der Waals surface area contributed by atoms with E-state index >= 15 is 0 Å². The number of nitrogens with one attached hydrogen (secondary N) is 2. The van der Waals surface area contributed by atoms with Crippen LogP contribution < -0.4 is 9.46 Å². The molecule has 1 aliphatic heterocycles. The van der Waals surface area contributed by atoms with Crippen LogP contribution in [0.2, 0.25) is 5.02 Å². The van der Waals surface area contributed by atoms with Gasteiger partial charge in [-0.3, -0.25) is 9.82 Å². The van der Waals surface area contributed by atoms with Crippen molar-refractivity contribution < 1.29 is 17.5 Å². The Balaban J connectivity index is 1.40.